The highest BCUT2D eigenvalue weighted by Gasteiger charge is 2.19. The van der Waals surface area contributed by atoms with Crippen molar-refractivity contribution in [3.05, 3.63) is 36.2 Å². The summed E-state index contributed by atoms with van der Waals surface area (Å²) in [6.07, 6.45) is 3.57. The predicted octanol–water partition coefficient (Wildman–Crippen LogP) is 0.647. The van der Waals surface area contributed by atoms with Crippen LogP contribution in [0.4, 0.5) is 0 Å². The van der Waals surface area contributed by atoms with Gasteiger partial charge in [0.15, 0.2) is 5.82 Å². The number of carboxylic acid groups (broad SMARTS) is 1. The number of nitrogens with zero attached hydrogens (tertiary/aromatic N) is 6. The second-order valence-corrected chi connectivity index (χ2v) is 5.82. The highest BCUT2D eigenvalue weighted by Crippen LogP contribution is 2.13. The van der Waals surface area contributed by atoms with Gasteiger partial charge < -0.3 is 14.7 Å². The first-order valence-corrected chi connectivity index (χ1v) is 8.58. The third-order valence-corrected chi connectivity index (χ3v) is 4.16. The summed E-state index contributed by atoms with van der Waals surface area (Å²) in [5, 5.41) is 11.5. The smallest absolute Gasteiger partial charge is 0.290 e. The molecule has 0 unspecified atom stereocenters. The third kappa shape index (κ3) is 5.58. The SMILES string of the molecule is CCN1CCN(Cc2nc(COC)nn2-c2cccnc2)CC1.O=CO. The summed E-state index contributed by atoms with van der Waals surface area (Å²) in [6, 6.07) is 3.91. The maximum atomic E-state index is 8.36. The zero-order chi connectivity index (χ0) is 18.8. The molecule has 0 amide bonds. The molecule has 0 aliphatic carbocycles. The minimum atomic E-state index is -0.250. The van der Waals surface area contributed by atoms with Gasteiger partial charge in [-0.05, 0) is 18.7 Å². The number of likely N-dealkylation sites (N-methyl/N-ethyl adjacent to an activating group) is 1. The number of ether oxygens (including phenoxy) is 1. The first-order chi connectivity index (χ1) is 12.7. The number of pyridine rings is 1. The highest BCUT2D eigenvalue weighted by atomic mass is 16.5. The van der Waals surface area contributed by atoms with Crippen LogP contribution >= 0.6 is 0 Å². The molecule has 3 rings (SSSR count). The standard InChI is InChI=1S/C16H24N6O.CH2O2/c1-3-20-7-9-21(10-8-20)12-16-18-15(13-23-2)19-22(16)14-5-4-6-17-11-14;2-1-3/h4-6,11H,3,7-10,12-13H2,1-2H3;1H,(H,2,3). The quantitative estimate of drug-likeness (QED) is 0.748. The molecule has 0 atom stereocenters. The molecule has 1 N–H and O–H groups in total. The molecule has 1 saturated heterocycles. The highest BCUT2D eigenvalue weighted by molar-refractivity contribution is 5.32. The topological polar surface area (TPSA) is 96.6 Å². The van der Waals surface area contributed by atoms with Gasteiger partial charge in [-0.3, -0.25) is 14.7 Å². The molecule has 1 fully saturated rings. The van der Waals surface area contributed by atoms with Gasteiger partial charge in [-0.1, -0.05) is 6.92 Å². The third-order valence-electron chi connectivity index (χ3n) is 4.16. The normalized spacial score (nSPS) is 15.3. The predicted molar refractivity (Wildman–Crippen MR) is 96.0 cm³/mol. The van der Waals surface area contributed by atoms with Crippen molar-refractivity contribution in [3.63, 3.8) is 0 Å². The number of hydrogen-bond acceptors (Lipinski definition) is 7. The first kappa shape index (κ1) is 20.0. The Bertz CT molecular complexity index is 656. The molecule has 1 aliphatic rings. The average Bonchev–Trinajstić information content (AvgIpc) is 3.06. The molecule has 1 aliphatic heterocycles. The van der Waals surface area contributed by atoms with Gasteiger partial charge in [0, 0.05) is 39.5 Å². The van der Waals surface area contributed by atoms with Crippen molar-refractivity contribution < 1.29 is 14.6 Å². The van der Waals surface area contributed by atoms with Gasteiger partial charge in [0.2, 0.25) is 0 Å². The summed E-state index contributed by atoms with van der Waals surface area (Å²) in [4.78, 5) is 22.1. The number of hydrogen-bond donors (Lipinski definition) is 1. The van der Waals surface area contributed by atoms with Gasteiger partial charge in [0.25, 0.3) is 6.47 Å². The van der Waals surface area contributed by atoms with Gasteiger partial charge in [-0.15, -0.1) is 5.10 Å². The number of aromatic nitrogens is 4. The number of rotatable bonds is 6. The molecule has 9 nitrogen and oxygen atoms in total. The van der Waals surface area contributed by atoms with E-state index >= 15 is 0 Å². The molecule has 0 spiro atoms. The fourth-order valence-electron chi connectivity index (χ4n) is 2.83. The molecular formula is C17H26N6O3. The van der Waals surface area contributed by atoms with E-state index < -0.39 is 0 Å². The Hall–Kier alpha value is -2.36. The summed E-state index contributed by atoms with van der Waals surface area (Å²) in [5.41, 5.74) is 0.935. The van der Waals surface area contributed by atoms with Crippen LogP contribution in [0.3, 0.4) is 0 Å². The van der Waals surface area contributed by atoms with Crippen molar-refractivity contribution in [2.75, 3.05) is 39.8 Å². The van der Waals surface area contributed by atoms with E-state index in [1.807, 2.05) is 23.0 Å². The maximum Gasteiger partial charge on any atom is 0.290 e. The Labute approximate surface area is 153 Å². The van der Waals surface area contributed by atoms with Crippen LogP contribution in [0.5, 0.6) is 0 Å². The van der Waals surface area contributed by atoms with E-state index in [1.54, 1.807) is 13.3 Å². The molecule has 0 bridgehead atoms. The lowest BCUT2D eigenvalue weighted by molar-refractivity contribution is -0.122. The van der Waals surface area contributed by atoms with Crippen LogP contribution in [0, 0.1) is 0 Å². The lowest BCUT2D eigenvalue weighted by atomic mass is 10.3. The van der Waals surface area contributed by atoms with E-state index in [9.17, 15) is 0 Å². The van der Waals surface area contributed by atoms with Crippen LogP contribution in [0.15, 0.2) is 24.5 Å². The Morgan fingerprint density at radius 3 is 2.54 bits per heavy atom. The van der Waals surface area contributed by atoms with Crippen LogP contribution in [0.2, 0.25) is 0 Å². The van der Waals surface area contributed by atoms with Gasteiger partial charge in [0.1, 0.15) is 12.4 Å². The molecule has 3 heterocycles. The van der Waals surface area contributed by atoms with E-state index in [1.165, 1.54) is 0 Å². The van der Waals surface area contributed by atoms with Crippen molar-refractivity contribution in [3.8, 4) is 5.69 Å². The summed E-state index contributed by atoms with van der Waals surface area (Å²) >= 11 is 0. The lowest BCUT2D eigenvalue weighted by Crippen LogP contribution is -2.45. The summed E-state index contributed by atoms with van der Waals surface area (Å²) in [6.45, 7) is 8.65. The van der Waals surface area contributed by atoms with E-state index in [0.717, 1.165) is 50.8 Å². The van der Waals surface area contributed by atoms with E-state index in [-0.39, 0.29) is 6.47 Å². The lowest BCUT2D eigenvalue weighted by Gasteiger charge is -2.33. The number of methoxy groups -OCH3 is 1. The molecule has 9 heteroatoms. The summed E-state index contributed by atoms with van der Waals surface area (Å²) in [7, 11) is 1.66. The van der Waals surface area contributed by atoms with Crippen molar-refractivity contribution >= 4 is 6.47 Å². The van der Waals surface area contributed by atoms with Crippen LogP contribution in [-0.4, -0.2) is 81.0 Å². The van der Waals surface area contributed by atoms with E-state index in [4.69, 9.17) is 14.6 Å². The van der Waals surface area contributed by atoms with Crippen LogP contribution < -0.4 is 0 Å². The number of carbonyl (C=O) groups is 1. The fourth-order valence-corrected chi connectivity index (χ4v) is 2.83. The molecule has 26 heavy (non-hydrogen) atoms. The molecule has 0 saturated carbocycles. The molecular weight excluding hydrogens is 336 g/mol. The van der Waals surface area contributed by atoms with Gasteiger partial charge >= 0.3 is 0 Å². The van der Waals surface area contributed by atoms with Crippen molar-refractivity contribution in [1.29, 1.82) is 0 Å². The second-order valence-electron chi connectivity index (χ2n) is 5.82. The van der Waals surface area contributed by atoms with Crippen LogP contribution in [-0.2, 0) is 22.7 Å². The van der Waals surface area contributed by atoms with E-state index in [0.29, 0.717) is 12.4 Å². The van der Waals surface area contributed by atoms with Gasteiger partial charge in [-0.2, -0.15) is 0 Å². The molecule has 2 aromatic heterocycles. The zero-order valence-electron chi connectivity index (χ0n) is 15.3. The largest absolute Gasteiger partial charge is 0.483 e. The minimum Gasteiger partial charge on any atom is -0.483 e. The van der Waals surface area contributed by atoms with Crippen molar-refractivity contribution in [2.24, 2.45) is 0 Å². The van der Waals surface area contributed by atoms with E-state index in [2.05, 4.69) is 31.8 Å². The van der Waals surface area contributed by atoms with Gasteiger partial charge in [0.05, 0.1) is 18.4 Å². The Kier molecular flexibility index (Phi) is 8.13. The first-order valence-electron chi connectivity index (χ1n) is 8.58. The molecule has 0 radical (unpaired) electrons. The second kappa shape index (κ2) is 10.6. The fraction of sp³-hybridized carbons (Fsp3) is 0.529. The zero-order valence-corrected chi connectivity index (χ0v) is 15.3. The summed E-state index contributed by atoms with van der Waals surface area (Å²) in [5.74, 6) is 1.65. The Morgan fingerprint density at radius 2 is 1.96 bits per heavy atom. The Morgan fingerprint density at radius 1 is 1.27 bits per heavy atom. The summed E-state index contributed by atoms with van der Waals surface area (Å²) < 4.78 is 7.06. The molecule has 142 valence electrons. The van der Waals surface area contributed by atoms with Crippen LogP contribution in [0.1, 0.15) is 18.6 Å². The number of piperazine rings is 1. The molecule has 0 aromatic carbocycles. The van der Waals surface area contributed by atoms with Crippen molar-refractivity contribution in [2.45, 2.75) is 20.1 Å². The maximum absolute atomic E-state index is 8.36. The minimum absolute atomic E-state index is 0.250. The van der Waals surface area contributed by atoms with Crippen LogP contribution in [0.25, 0.3) is 5.69 Å². The average molecular weight is 362 g/mol. The van der Waals surface area contributed by atoms with Crippen molar-refractivity contribution in [1.82, 2.24) is 29.5 Å². The molecule has 2 aromatic rings. The monoisotopic (exact) mass is 362 g/mol. The van der Waals surface area contributed by atoms with Gasteiger partial charge in [-0.25, -0.2) is 9.67 Å². The Balaban J connectivity index is 0.000000758.